The number of likely N-dealkylation sites (N-methyl/N-ethyl adjacent to an activating group) is 1. The van der Waals surface area contributed by atoms with E-state index in [0.29, 0.717) is 39.0 Å². The number of carbonyl (C=O) groups excluding carboxylic acids is 1. The van der Waals surface area contributed by atoms with Gasteiger partial charge in [-0.25, -0.2) is 4.98 Å². The third kappa shape index (κ3) is 9.13. The van der Waals surface area contributed by atoms with Crippen molar-refractivity contribution in [3.8, 4) is 28.3 Å². The van der Waals surface area contributed by atoms with Gasteiger partial charge in [0.05, 0.1) is 17.6 Å². The number of aromatic amines is 1. The first-order valence-corrected chi connectivity index (χ1v) is 17.5. The molecule has 1 amide bonds. The molecule has 1 saturated heterocycles. The minimum absolute atomic E-state index is 0.0253. The lowest BCUT2D eigenvalue weighted by Gasteiger charge is -2.34. The van der Waals surface area contributed by atoms with Gasteiger partial charge in [-0.05, 0) is 83.8 Å². The molecule has 0 bridgehead atoms. The Hall–Kier alpha value is -4.53. The molecule has 260 valence electrons. The summed E-state index contributed by atoms with van der Waals surface area (Å²) < 4.78 is 6.52. The lowest BCUT2D eigenvalue weighted by Crippen LogP contribution is -2.44. The first-order chi connectivity index (χ1) is 23.3. The fourth-order valence-corrected chi connectivity index (χ4v) is 6.21. The van der Waals surface area contributed by atoms with Crippen molar-refractivity contribution in [1.82, 2.24) is 20.2 Å². The van der Waals surface area contributed by atoms with Crippen LogP contribution in [0.4, 0.5) is 5.69 Å². The minimum Gasteiger partial charge on any atom is -0.493 e. The Morgan fingerprint density at radius 3 is 2.20 bits per heavy atom. The predicted octanol–water partition coefficient (Wildman–Crippen LogP) is 8.22. The van der Waals surface area contributed by atoms with Gasteiger partial charge >= 0.3 is 0 Å². The number of amides is 1. The molecule has 3 aromatic carbocycles. The van der Waals surface area contributed by atoms with Gasteiger partial charge in [0, 0.05) is 73.0 Å². The summed E-state index contributed by atoms with van der Waals surface area (Å²) in [6.07, 6.45) is 1.60. The lowest BCUT2D eigenvalue weighted by atomic mass is 9.78. The van der Waals surface area contributed by atoms with E-state index < -0.39 is 0 Å². The molecule has 0 saturated carbocycles. The summed E-state index contributed by atoms with van der Waals surface area (Å²) in [6, 6.07) is 19.8. The first-order valence-electron chi connectivity index (χ1n) is 17.5. The fraction of sp³-hybridized carbons (Fsp3) is 0.487. The molecule has 49 heavy (non-hydrogen) atoms. The summed E-state index contributed by atoms with van der Waals surface area (Å²) in [7, 11) is 2.18. The molecule has 4 aromatic rings. The molecule has 0 spiro atoms. The second-order valence-electron chi connectivity index (χ2n) is 15.2. The van der Waals surface area contributed by atoms with Crippen LogP contribution in [-0.4, -0.2) is 73.7 Å². The van der Waals surface area contributed by atoms with Crippen LogP contribution in [0, 0.1) is 0 Å². The van der Waals surface area contributed by atoms with E-state index in [1.807, 2.05) is 0 Å². The Morgan fingerprint density at radius 2 is 1.57 bits per heavy atom. The summed E-state index contributed by atoms with van der Waals surface area (Å²) in [5.74, 6) is 1.69. The number of benzene rings is 3. The zero-order valence-corrected chi connectivity index (χ0v) is 30.3. The first kappa shape index (κ1) is 35.8. The number of carbonyl (C=O) groups is 1. The molecule has 1 aromatic heterocycles. The van der Waals surface area contributed by atoms with Crippen LogP contribution < -0.4 is 15.0 Å². The average molecular weight is 665 g/mol. The van der Waals surface area contributed by atoms with Gasteiger partial charge in [-0.2, -0.15) is 0 Å². The molecule has 1 aliphatic heterocycles. The van der Waals surface area contributed by atoms with Gasteiger partial charge in [-0.1, -0.05) is 64.9 Å². The number of nitrogens with one attached hydrogen (secondary N) is 2. The molecule has 0 aliphatic carbocycles. The van der Waals surface area contributed by atoms with Crippen molar-refractivity contribution >= 4 is 22.6 Å². The number of anilines is 1. The van der Waals surface area contributed by atoms with Crippen LogP contribution in [0.5, 0.6) is 5.75 Å². The molecule has 0 radical (unpaired) electrons. The number of hydrogen-bond acceptors (Lipinski definition) is 6. The van der Waals surface area contributed by atoms with Crippen molar-refractivity contribution in [1.29, 1.82) is 0 Å². The predicted molar refractivity (Wildman–Crippen MR) is 200 cm³/mol. The van der Waals surface area contributed by atoms with Crippen molar-refractivity contribution in [2.24, 2.45) is 5.11 Å². The van der Waals surface area contributed by atoms with Gasteiger partial charge < -0.3 is 24.8 Å². The molecule has 0 atom stereocenters. The maximum Gasteiger partial charge on any atom is 0.220 e. The highest BCUT2D eigenvalue weighted by Crippen LogP contribution is 2.43. The van der Waals surface area contributed by atoms with E-state index in [2.05, 4.69) is 133 Å². The molecular weight excluding hydrogens is 612 g/mol. The van der Waals surface area contributed by atoms with E-state index in [9.17, 15) is 4.79 Å². The standard InChI is InChI=1S/C39H52N8O2/c1-38(2,3)31-24-29(25-32(39(4,5)6)36(31)49-23-8-10-35(48)41-17-9-18-42-45-40)37-43-33-16-13-28(26-34(33)44-37)27-11-14-30(15-12-27)47-21-19-46(7)20-22-47/h11-16,24-26H,8-10,17-23H2,1-7H3,(H,41,48)(H,43,44). The Balaban J connectivity index is 1.35. The Morgan fingerprint density at radius 1 is 0.918 bits per heavy atom. The SMILES string of the molecule is CN1CCN(c2ccc(-c3ccc4nc(-c5cc(C(C)(C)C)c(OCCCC(=O)NCCCN=[N+]=[N-])c(C(C)(C)C)c5)[nH]c4c3)cc2)CC1. The van der Waals surface area contributed by atoms with E-state index in [4.69, 9.17) is 15.3 Å². The molecule has 1 fully saturated rings. The Kier molecular flexibility index (Phi) is 11.2. The number of imidazole rings is 1. The largest absolute Gasteiger partial charge is 0.493 e. The van der Waals surface area contributed by atoms with Crippen LogP contribution in [0.2, 0.25) is 0 Å². The average Bonchev–Trinajstić information content (AvgIpc) is 3.50. The molecule has 5 rings (SSSR count). The van der Waals surface area contributed by atoms with Gasteiger partial charge in [0.1, 0.15) is 11.6 Å². The highest BCUT2D eigenvalue weighted by atomic mass is 16.5. The summed E-state index contributed by atoms with van der Waals surface area (Å²) in [6.45, 7) is 18.8. The molecule has 2 N–H and O–H groups in total. The molecule has 0 unspecified atom stereocenters. The van der Waals surface area contributed by atoms with Gasteiger partial charge in [-0.3, -0.25) is 4.79 Å². The third-order valence-corrected chi connectivity index (χ3v) is 9.14. The van der Waals surface area contributed by atoms with Crippen LogP contribution in [0.1, 0.15) is 71.9 Å². The van der Waals surface area contributed by atoms with Crippen molar-refractivity contribution in [3.63, 3.8) is 0 Å². The Bertz CT molecular complexity index is 1750. The summed E-state index contributed by atoms with van der Waals surface area (Å²) in [5, 5.41) is 6.39. The quantitative estimate of drug-likeness (QED) is 0.0684. The molecule has 10 nitrogen and oxygen atoms in total. The normalized spacial score (nSPS) is 14.1. The number of fused-ring (bicyclic) bond motifs is 1. The van der Waals surface area contributed by atoms with E-state index >= 15 is 0 Å². The molecule has 2 heterocycles. The van der Waals surface area contributed by atoms with Gasteiger partial charge in [-0.15, -0.1) is 0 Å². The number of ether oxygens (including phenoxy) is 1. The van der Waals surface area contributed by atoms with E-state index in [1.165, 1.54) is 11.3 Å². The zero-order chi connectivity index (χ0) is 35.2. The van der Waals surface area contributed by atoms with Gasteiger partial charge in [0.2, 0.25) is 5.91 Å². The van der Waals surface area contributed by atoms with Crippen LogP contribution in [-0.2, 0) is 15.6 Å². The number of aromatic nitrogens is 2. The molecule has 1 aliphatic rings. The zero-order valence-electron chi connectivity index (χ0n) is 30.3. The van der Waals surface area contributed by atoms with Crippen LogP contribution in [0.3, 0.4) is 0 Å². The maximum absolute atomic E-state index is 12.3. The summed E-state index contributed by atoms with van der Waals surface area (Å²) >= 11 is 0. The summed E-state index contributed by atoms with van der Waals surface area (Å²) in [4.78, 5) is 28.6. The van der Waals surface area contributed by atoms with E-state index in [0.717, 1.165) is 71.0 Å². The summed E-state index contributed by atoms with van der Waals surface area (Å²) in [5.41, 5.74) is 16.8. The second kappa shape index (κ2) is 15.3. The number of rotatable bonds is 12. The van der Waals surface area contributed by atoms with Crippen LogP contribution in [0.25, 0.3) is 44.0 Å². The number of H-pyrrole nitrogens is 1. The number of azide groups is 1. The van der Waals surface area contributed by atoms with Crippen LogP contribution >= 0.6 is 0 Å². The number of piperazine rings is 1. The molecular formula is C39H52N8O2. The van der Waals surface area contributed by atoms with Crippen LogP contribution in [0.15, 0.2) is 59.7 Å². The van der Waals surface area contributed by atoms with Crippen molar-refractivity contribution in [2.75, 3.05) is 57.8 Å². The monoisotopic (exact) mass is 664 g/mol. The lowest BCUT2D eigenvalue weighted by molar-refractivity contribution is -0.121. The number of nitrogens with zero attached hydrogens (tertiary/aromatic N) is 6. The smallest absolute Gasteiger partial charge is 0.220 e. The van der Waals surface area contributed by atoms with Gasteiger partial charge in [0.25, 0.3) is 0 Å². The topological polar surface area (TPSA) is 122 Å². The second-order valence-corrected chi connectivity index (χ2v) is 15.2. The van der Waals surface area contributed by atoms with Crippen molar-refractivity contribution < 1.29 is 9.53 Å². The van der Waals surface area contributed by atoms with E-state index in [1.54, 1.807) is 0 Å². The van der Waals surface area contributed by atoms with Gasteiger partial charge in [0.15, 0.2) is 0 Å². The number of hydrogen-bond donors (Lipinski definition) is 2. The highest BCUT2D eigenvalue weighted by molar-refractivity contribution is 5.85. The Labute approximate surface area is 290 Å². The molecule has 10 heteroatoms. The maximum atomic E-state index is 12.3. The third-order valence-electron chi connectivity index (χ3n) is 9.14. The fourth-order valence-electron chi connectivity index (χ4n) is 6.21. The van der Waals surface area contributed by atoms with Crippen molar-refractivity contribution in [2.45, 2.75) is 71.6 Å². The highest BCUT2D eigenvalue weighted by Gasteiger charge is 2.29. The minimum atomic E-state index is -0.190. The van der Waals surface area contributed by atoms with Crippen molar-refractivity contribution in [3.05, 3.63) is 76.2 Å². The van der Waals surface area contributed by atoms with E-state index in [-0.39, 0.29) is 16.7 Å².